The number of carbonyl (C=O) groups excluding carboxylic acids is 1. The number of carbonyl (C=O) groups is 1. The zero-order valence-electron chi connectivity index (χ0n) is 14.6. The molecule has 0 bridgehead atoms. The minimum atomic E-state index is -0.410. The van der Waals surface area contributed by atoms with Crippen molar-refractivity contribution in [2.45, 2.75) is 13.5 Å². The molecule has 5 nitrogen and oxygen atoms in total. The lowest BCUT2D eigenvalue weighted by atomic mass is 10.1. The van der Waals surface area contributed by atoms with Gasteiger partial charge in [0.2, 0.25) is 0 Å². The van der Waals surface area contributed by atoms with Crippen molar-refractivity contribution in [1.82, 2.24) is 5.32 Å². The van der Waals surface area contributed by atoms with Crippen LogP contribution in [0.25, 0.3) is 6.08 Å². The second kappa shape index (κ2) is 9.82. The molecular formula is C20H19IN2O3. The molecule has 26 heavy (non-hydrogen) atoms. The number of hydrogen-bond donors (Lipinski definition) is 1. The molecule has 2 aromatic rings. The number of nitrogens with zero attached hydrogens (tertiary/aromatic N) is 1. The third-order valence-electron chi connectivity index (χ3n) is 3.54. The second-order valence-electron chi connectivity index (χ2n) is 5.32. The van der Waals surface area contributed by atoms with E-state index in [4.69, 9.17) is 9.47 Å². The van der Waals surface area contributed by atoms with Crippen LogP contribution in [0.15, 0.2) is 48.0 Å². The maximum absolute atomic E-state index is 12.3. The van der Waals surface area contributed by atoms with E-state index in [1.165, 1.54) is 0 Å². The molecule has 2 aromatic carbocycles. The topological polar surface area (TPSA) is 71.3 Å². The van der Waals surface area contributed by atoms with Crippen LogP contribution >= 0.6 is 22.6 Å². The number of nitriles is 1. The van der Waals surface area contributed by atoms with E-state index in [1.54, 1.807) is 13.2 Å². The standard InChI is InChI=1S/C20H19IN2O3/c1-3-26-19-9-6-15(11-18(19)21)10-16(12-22)20(24)23-13-14-4-7-17(25-2)8-5-14/h4-11H,3,13H2,1-2H3,(H,23,24)/b16-10-. The minimum absolute atomic E-state index is 0.0541. The fourth-order valence-corrected chi connectivity index (χ4v) is 2.91. The Morgan fingerprint density at radius 2 is 2.00 bits per heavy atom. The van der Waals surface area contributed by atoms with Crippen molar-refractivity contribution in [2.24, 2.45) is 0 Å². The third-order valence-corrected chi connectivity index (χ3v) is 4.39. The number of ether oxygens (including phenoxy) is 2. The van der Waals surface area contributed by atoms with Gasteiger partial charge in [-0.1, -0.05) is 18.2 Å². The van der Waals surface area contributed by atoms with E-state index in [1.807, 2.05) is 55.5 Å². The highest BCUT2D eigenvalue weighted by molar-refractivity contribution is 14.1. The molecule has 0 saturated heterocycles. The molecule has 0 aromatic heterocycles. The Bertz CT molecular complexity index is 839. The highest BCUT2D eigenvalue weighted by atomic mass is 127. The summed E-state index contributed by atoms with van der Waals surface area (Å²) >= 11 is 2.17. The fourth-order valence-electron chi connectivity index (χ4n) is 2.22. The summed E-state index contributed by atoms with van der Waals surface area (Å²) < 4.78 is 11.5. The van der Waals surface area contributed by atoms with E-state index in [-0.39, 0.29) is 5.57 Å². The Labute approximate surface area is 166 Å². The van der Waals surface area contributed by atoms with Gasteiger partial charge in [0, 0.05) is 6.54 Å². The van der Waals surface area contributed by atoms with Gasteiger partial charge in [-0.05, 0) is 71.0 Å². The van der Waals surface area contributed by atoms with E-state index in [9.17, 15) is 10.1 Å². The molecule has 6 heteroatoms. The molecule has 0 aliphatic rings. The summed E-state index contributed by atoms with van der Waals surface area (Å²) in [4.78, 5) is 12.3. The monoisotopic (exact) mass is 462 g/mol. The minimum Gasteiger partial charge on any atom is -0.497 e. The zero-order chi connectivity index (χ0) is 18.9. The van der Waals surface area contributed by atoms with Gasteiger partial charge < -0.3 is 14.8 Å². The number of benzene rings is 2. The predicted molar refractivity (Wildman–Crippen MR) is 109 cm³/mol. The van der Waals surface area contributed by atoms with Crippen molar-refractivity contribution in [1.29, 1.82) is 5.26 Å². The van der Waals surface area contributed by atoms with Crippen LogP contribution in [0.1, 0.15) is 18.1 Å². The summed E-state index contributed by atoms with van der Waals surface area (Å²) in [6.45, 7) is 2.84. The van der Waals surface area contributed by atoms with Crippen LogP contribution in [0.5, 0.6) is 11.5 Å². The van der Waals surface area contributed by atoms with Gasteiger partial charge in [-0.3, -0.25) is 4.79 Å². The summed E-state index contributed by atoms with van der Waals surface area (Å²) in [5, 5.41) is 12.1. The summed E-state index contributed by atoms with van der Waals surface area (Å²) in [7, 11) is 1.60. The van der Waals surface area contributed by atoms with Crippen LogP contribution in [0.4, 0.5) is 0 Å². The number of halogens is 1. The van der Waals surface area contributed by atoms with Crippen molar-refractivity contribution < 1.29 is 14.3 Å². The SMILES string of the molecule is CCOc1ccc(/C=C(/C#N)C(=O)NCc2ccc(OC)cc2)cc1I. The number of methoxy groups -OCH3 is 1. The molecule has 0 aliphatic carbocycles. The van der Waals surface area contributed by atoms with E-state index in [0.717, 1.165) is 26.2 Å². The predicted octanol–water partition coefficient (Wildman–Crippen LogP) is 3.92. The lowest BCUT2D eigenvalue weighted by molar-refractivity contribution is -0.117. The molecule has 1 N–H and O–H groups in total. The van der Waals surface area contributed by atoms with E-state index in [0.29, 0.717) is 13.2 Å². The molecule has 0 radical (unpaired) electrons. The molecule has 1 amide bonds. The largest absolute Gasteiger partial charge is 0.497 e. The molecule has 0 atom stereocenters. The normalized spacial score (nSPS) is 10.8. The highest BCUT2D eigenvalue weighted by Crippen LogP contribution is 2.23. The Morgan fingerprint density at radius 3 is 2.58 bits per heavy atom. The molecule has 0 spiro atoms. The Kier molecular flexibility index (Phi) is 7.48. The summed E-state index contributed by atoms with van der Waals surface area (Å²) in [6, 6.07) is 14.9. The summed E-state index contributed by atoms with van der Waals surface area (Å²) in [5.41, 5.74) is 1.75. The smallest absolute Gasteiger partial charge is 0.262 e. The van der Waals surface area contributed by atoms with E-state index < -0.39 is 5.91 Å². The molecular weight excluding hydrogens is 443 g/mol. The Morgan fingerprint density at radius 1 is 1.27 bits per heavy atom. The van der Waals surface area contributed by atoms with Gasteiger partial charge in [0.05, 0.1) is 17.3 Å². The highest BCUT2D eigenvalue weighted by Gasteiger charge is 2.10. The van der Waals surface area contributed by atoms with Gasteiger partial charge in [-0.25, -0.2) is 0 Å². The first kappa shape index (κ1) is 19.8. The zero-order valence-corrected chi connectivity index (χ0v) is 16.7. The van der Waals surface area contributed by atoms with Gasteiger partial charge in [0.25, 0.3) is 5.91 Å². The first-order valence-electron chi connectivity index (χ1n) is 8.02. The number of hydrogen-bond acceptors (Lipinski definition) is 4. The molecule has 0 unspecified atom stereocenters. The quantitative estimate of drug-likeness (QED) is 0.385. The van der Waals surface area contributed by atoms with Crippen LogP contribution in [0.3, 0.4) is 0 Å². The maximum Gasteiger partial charge on any atom is 0.262 e. The maximum atomic E-state index is 12.3. The van der Waals surface area contributed by atoms with Crippen LogP contribution in [0.2, 0.25) is 0 Å². The molecule has 2 rings (SSSR count). The molecule has 0 saturated carbocycles. The van der Waals surface area contributed by atoms with Gasteiger partial charge in [-0.2, -0.15) is 5.26 Å². The lowest BCUT2D eigenvalue weighted by Gasteiger charge is -2.07. The number of nitrogens with one attached hydrogen (secondary N) is 1. The third kappa shape index (κ3) is 5.49. The van der Waals surface area contributed by atoms with Crippen LogP contribution in [0, 0.1) is 14.9 Å². The molecule has 134 valence electrons. The summed E-state index contributed by atoms with van der Waals surface area (Å²) in [6.07, 6.45) is 1.57. The van der Waals surface area contributed by atoms with Crippen molar-refractivity contribution in [3.63, 3.8) is 0 Å². The lowest BCUT2D eigenvalue weighted by Crippen LogP contribution is -2.23. The van der Waals surface area contributed by atoms with Crippen LogP contribution < -0.4 is 14.8 Å². The van der Waals surface area contributed by atoms with Gasteiger partial charge in [0.15, 0.2) is 0 Å². The van der Waals surface area contributed by atoms with Gasteiger partial charge in [0.1, 0.15) is 23.1 Å². The van der Waals surface area contributed by atoms with Crippen molar-refractivity contribution >= 4 is 34.6 Å². The fraction of sp³-hybridized carbons (Fsp3) is 0.200. The van der Waals surface area contributed by atoms with Crippen LogP contribution in [-0.2, 0) is 11.3 Å². The molecule has 0 heterocycles. The first-order chi connectivity index (χ1) is 12.6. The Balaban J connectivity index is 2.06. The van der Waals surface area contributed by atoms with Gasteiger partial charge >= 0.3 is 0 Å². The van der Waals surface area contributed by atoms with Crippen LogP contribution in [-0.4, -0.2) is 19.6 Å². The molecule has 0 fully saturated rings. The van der Waals surface area contributed by atoms with Crippen molar-refractivity contribution in [2.75, 3.05) is 13.7 Å². The average Bonchev–Trinajstić information content (AvgIpc) is 2.66. The van der Waals surface area contributed by atoms with Gasteiger partial charge in [-0.15, -0.1) is 0 Å². The molecule has 0 aliphatic heterocycles. The summed E-state index contributed by atoms with van der Waals surface area (Å²) in [5.74, 6) is 1.13. The second-order valence-corrected chi connectivity index (χ2v) is 6.49. The Hall–Kier alpha value is -2.53. The first-order valence-corrected chi connectivity index (χ1v) is 9.10. The van der Waals surface area contributed by atoms with E-state index in [2.05, 4.69) is 27.9 Å². The number of amides is 1. The van der Waals surface area contributed by atoms with E-state index >= 15 is 0 Å². The van der Waals surface area contributed by atoms with Crippen molar-refractivity contribution in [3.8, 4) is 17.6 Å². The van der Waals surface area contributed by atoms with Crippen molar-refractivity contribution in [3.05, 3.63) is 62.7 Å². The average molecular weight is 462 g/mol. The number of rotatable bonds is 7.